The van der Waals surface area contributed by atoms with Crippen LogP contribution in [0.15, 0.2) is 0 Å². The molecule has 2 saturated carbocycles. The van der Waals surface area contributed by atoms with Crippen LogP contribution in [0, 0.1) is 11.8 Å². The molecule has 2 aliphatic carbocycles. The average Bonchev–Trinajstić information content (AvgIpc) is 2.99. The fraction of sp³-hybridized carbons (Fsp3) is 1.00. The van der Waals surface area contributed by atoms with Gasteiger partial charge in [0.15, 0.2) is 0 Å². The van der Waals surface area contributed by atoms with Gasteiger partial charge in [-0.15, -0.1) is 0 Å². The van der Waals surface area contributed by atoms with Crippen LogP contribution in [0.3, 0.4) is 0 Å². The van der Waals surface area contributed by atoms with Gasteiger partial charge in [-0.05, 0) is 37.5 Å². The van der Waals surface area contributed by atoms with Crippen molar-refractivity contribution in [3.05, 3.63) is 0 Å². The second-order valence-electron chi connectivity index (χ2n) is 5.57. The maximum atomic E-state index is 6.02. The maximum Gasteiger partial charge on any atom is 0.110 e. The zero-order chi connectivity index (χ0) is 11.8. The van der Waals surface area contributed by atoms with Gasteiger partial charge in [-0.2, -0.15) is 0 Å². The van der Waals surface area contributed by atoms with E-state index in [4.69, 9.17) is 17.3 Å². The molecule has 3 rings (SSSR count). The molecule has 5 heteroatoms. The normalized spacial score (nSPS) is 43.4. The first-order valence-corrected chi connectivity index (χ1v) is 7.62. The van der Waals surface area contributed by atoms with Crippen LogP contribution >= 0.6 is 22.9 Å². The van der Waals surface area contributed by atoms with Gasteiger partial charge in [-0.1, -0.05) is 0 Å². The van der Waals surface area contributed by atoms with E-state index in [0.717, 1.165) is 24.9 Å². The number of halogens is 1. The molecular weight excluding hydrogens is 328 g/mol. The van der Waals surface area contributed by atoms with E-state index in [0.29, 0.717) is 12.7 Å². The molecule has 0 spiro atoms. The molecule has 1 aliphatic heterocycles. The van der Waals surface area contributed by atoms with Crippen LogP contribution in [-0.2, 0) is 9.47 Å². The van der Waals surface area contributed by atoms with Crippen LogP contribution in [0.4, 0.5) is 0 Å². The third kappa shape index (κ3) is 3.17. The third-order valence-corrected chi connectivity index (χ3v) is 4.92. The molecule has 1 saturated heterocycles. The van der Waals surface area contributed by atoms with Crippen molar-refractivity contribution in [3.63, 3.8) is 0 Å². The number of nitrogens with zero attached hydrogens (tertiary/aromatic N) is 1. The summed E-state index contributed by atoms with van der Waals surface area (Å²) in [6.07, 6.45) is 6.13. The molecule has 4 unspecified atom stereocenters. The largest absolute Gasteiger partial charge is 0.380 e. The zero-order valence-corrected chi connectivity index (χ0v) is 12.2. The Bertz CT molecular complexity index is 267. The second-order valence-corrected chi connectivity index (χ2v) is 6.94. The standard InChI is InChI=1S/C12H19BINO2/c13-12-6-15(14)5-9(17-12)7-16-11-4-3-10(11)8-1-2-8/h8-12H,1-7H2. The summed E-state index contributed by atoms with van der Waals surface area (Å²) in [5.41, 5.74) is 0. The number of hydrogen-bond donors (Lipinski definition) is 0. The minimum atomic E-state index is -0.158. The summed E-state index contributed by atoms with van der Waals surface area (Å²) in [6.45, 7) is 2.45. The van der Waals surface area contributed by atoms with E-state index in [-0.39, 0.29) is 12.1 Å². The summed E-state index contributed by atoms with van der Waals surface area (Å²) < 4.78 is 13.9. The Morgan fingerprint density at radius 1 is 1.24 bits per heavy atom. The Labute approximate surface area is 118 Å². The Morgan fingerprint density at radius 2 is 2.06 bits per heavy atom. The smallest absolute Gasteiger partial charge is 0.110 e. The highest BCUT2D eigenvalue weighted by Crippen LogP contribution is 2.48. The molecule has 3 nitrogen and oxygen atoms in total. The SMILES string of the molecule is [B]C1CN(I)CC(COC2CCC2C2CC2)O1. The molecule has 1 heterocycles. The van der Waals surface area contributed by atoms with Crippen LogP contribution in [0.25, 0.3) is 0 Å². The lowest BCUT2D eigenvalue weighted by molar-refractivity contribution is -0.116. The first kappa shape index (κ1) is 12.7. The lowest BCUT2D eigenvalue weighted by Crippen LogP contribution is -2.47. The molecule has 0 amide bonds. The van der Waals surface area contributed by atoms with Crippen molar-refractivity contribution < 1.29 is 9.47 Å². The van der Waals surface area contributed by atoms with Crippen LogP contribution in [0.5, 0.6) is 0 Å². The van der Waals surface area contributed by atoms with E-state index < -0.39 is 0 Å². The van der Waals surface area contributed by atoms with Crippen molar-refractivity contribution in [2.45, 2.75) is 43.9 Å². The van der Waals surface area contributed by atoms with E-state index in [2.05, 4.69) is 26.0 Å². The van der Waals surface area contributed by atoms with Crippen LogP contribution in [-0.4, -0.2) is 48.9 Å². The topological polar surface area (TPSA) is 21.7 Å². The van der Waals surface area contributed by atoms with Gasteiger partial charge >= 0.3 is 0 Å². The summed E-state index contributed by atoms with van der Waals surface area (Å²) in [5.74, 6) is 1.83. The highest BCUT2D eigenvalue weighted by atomic mass is 127. The van der Waals surface area contributed by atoms with Gasteiger partial charge in [0, 0.05) is 42.0 Å². The van der Waals surface area contributed by atoms with Gasteiger partial charge in [0.2, 0.25) is 0 Å². The van der Waals surface area contributed by atoms with E-state index >= 15 is 0 Å². The third-order valence-electron chi connectivity index (χ3n) is 4.13. The molecule has 0 aromatic carbocycles. The lowest BCUT2D eigenvalue weighted by Gasteiger charge is -2.39. The first-order chi connectivity index (χ1) is 8.22. The van der Waals surface area contributed by atoms with E-state index in [1.54, 1.807) is 0 Å². The van der Waals surface area contributed by atoms with E-state index in [1.165, 1.54) is 25.7 Å². The number of rotatable bonds is 4. The minimum Gasteiger partial charge on any atom is -0.380 e. The molecule has 94 valence electrons. The van der Waals surface area contributed by atoms with E-state index in [1.807, 2.05) is 0 Å². The molecule has 0 aromatic heterocycles. The highest BCUT2D eigenvalue weighted by Gasteiger charge is 2.43. The lowest BCUT2D eigenvalue weighted by atomic mass is 9.78. The van der Waals surface area contributed by atoms with Gasteiger partial charge < -0.3 is 9.47 Å². The fourth-order valence-corrected chi connectivity index (χ4v) is 3.74. The van der Waals surface area contributed by atoms with Gasteiger partial charge in [0.1, 0.15) is 7.85 Å². The Morgan fingerprint density at radius 3 is 2.65 bits per heavy atom. The second kappa shape index (κ2) is 5.35. The molecule has 3 fully saturated rings. The minimum absolute atomic E-state index is 0.149. The molecule has 4 atom stereocenters. The number of ether oxygens (including phenoxy) is 2. The van der Waals surface area contributed by atoms with Crippen molar-refractivity contribution >= 4 is 30.7 Å². The molecule has 3 aliphatic rings. The van der Waals surface area contributed by atoms with E-state index in [9.17, 15) is 0 Å². The monoisotopic (exact) mass is 347 g/mol. The number of morpholine rings is 1. The molecule has 0 bridgehead atoms. The number of hydrogen-bond acceptors (Lipinski definition) is 3. The predicted octanol–water partition coefficient (Wildman–Crippen LogP) is 1.74. The quantitative estimate of drug-likeness (QED) is 0.439. The van der Waals surface area contributed by atoms with Gasteiger partial charge in [-0.3, -0.25) is 0 Å². The summed E-state index contributed by atoms with van der Waals surface area (Å²) in [5, 5.41) is 0. The van der Waals surface area contributed by atoms with Crippen molar-refractivity contribution in [2.24, 2.45) is 11.8 Å². The zero-order valence-electron chi connectivity index (χ0n) is 10.1. The maximum absolute atomic E-state index is 6.02. The Balaban J connectivity index is 1.41. The van der Waals surface area contributed by atoms with Crippen LogP contribution in [0.1, 0.15) is 25.7 Å². The fourth-order valence-electron chi connectivity index (χ4n) is 2.91. The summed E-state index contributed by atoms with van der Waals surface area (Å²) in [4.78, 5) is 0. The van der Waals surface area contributed by atoms with Crippen LogP contribution in [0.2, 0.25) is 0 Å². The molecule has 0 aromatic rings. The van der Waals surface area contributed by atoms with Crippen molar-refractivity contribution in [1.82, 2.24) is 3.11 Å². The van der Waals surface area contributed by atoms with Crippen LogP contribution < -0.4 is 0 Å². The van der Waals surface area contributed by atoms with Gasteiger partial charge in [0.05, 0.1) is 18.8 Å². The molecule has 2 radical (unpaired) electrons. The van der Waals surface area contributed by atoms with Gasteiger partial charge in [0.25, 0.3) is 0 Å². The Hall–Kier alpha value is 0.675. The molecule has 17 heavy (non-hydrogen) atoms. The van der Waals surface area contributed by atoms with Crippen molar-refractivity contribution in [1.29, 1.82) is 0 Å². The van der Waals surface area contributed by atoms with Gasteiger partial charge in [-0.25, -0.2) is 3.11 Å². The highest BCUT2D eigenvalue weighted by molar-refractivity contribution is 14.1. The Kier molecular flexibility index (Phi) is 3.99. The average molecular weight is 347 g/mol. The summed E-state index contributed by atoms with van der Waals surface area (Å²) in [6, 6.07) is -0.158. The molecular formula is C12H19BINO2. The molecule has 0 N–H and O–H groups in total. The predicted molar refractivity (Wildman–Crippen MR) is 75.2 cm³/mol. The van der Waals surface area contributed by atoms with Crippen molar-refractivity contribution in [2.75, 3.05) is 19.7 Å². The summed E-state index contributed by atoms with van der Waals surface area (Å²) >= 11 is 2.31. The van der Waals surface area contributed by atoms with Crippen molar-refractivity contribution in [3.8, 4) is 0 Å². The first-order valence-electron chi connectivity index (χ1n) is 6.66. The summed E-state index contributed by atoms with van der Waals surface area (Å²) in [7, 11) is 5.83.